The molecule has 1 unspecified atom stereocenters. The van der Waals surface area contributed by atoms with Gasteiger partial charge in [-0.05, 0) is 19.2 Å². The molecule has 1 atom stereocenters. The molecule has 1 fully saturated rings. The second-order valence-corrected chi connectivity index (χ2v) is 7.55. The lowest BCUT2D eigenvalue weighted by Gasteiger charge is -2.39. The first kappa shape index (κ1) is 16.1. The van der Waals surface area contributed by atoms with Crippen LogP contribution in [0.2, 0.25) is 5.02 Å². The first-order valence-electron chi connectivity index (χ1n) is 7.67. The molecule has 1 spiro atoms. The van der Waals surface area contributed by atoms with Crippen LogP contribution in [0, 0.1) is 0 Å². The van der Waals surface area contributed by atoms with Gasteiger partial charge in [0.05, 0.1) is 19.3 Å². The maximum atomic E-state index is 6.35. The third-order valence-corrected chi connectivity index (χ3v) is 5.29. The Morgan fingerprint density at radius 1 is 1.38 bits per heavy atom. The first-order chi connectivity index (χ1) is 11.5. The number of hydrogen-bond acceptors (Lipinski definition) is 6. The van der Waals surface area contributed by atoms with E-state index in [4.69, 9.17) is 22.1 Å². The van der Waals surface area contributed by atoms with E-state index in [0.29, 0.717) is 24.0 Å². The Bertz CT molecular complexity index is 804. The molecule has 2 aliphatic heterocycles. The van der Waals surface area contributed by atoms with Crippen molar-refractivity contribution in [1.82, 2.24) is 14.9 Å². The van der Waals surface area contributed by atoms with Gasteiger partial charge in [-0.2, -0.15) is 4.98 Å². The fourth-order valence-corrected chi connectivity index (χ4v) is 4.05. The normalized spacial score (nSPS) is 23.7. The Hall–Kier alpha value is -1.41. The molecule has 3 heterocycles. The lowest BCUT2D eigenvalue weighted by atomic mass is 9.94. The van der Waals surface area contributed by atoms with Crippen LogP contribution in [0.5, 0.6) is 0 Å². The lowest BCUT2D eigenvalue weighted by molar-refractivity contribution is -0.0970. The van der Waals surface area contributed by atoms with Crippen molar-refractivity contribution < 1.29 is 4.74 Å². The van der Waals surface area contributed by atoms with Gasteiger partial charge in [-0.25, -0.2) is 4.98 Å². The lowest BCUT2D eigenvalue weighted by Crippen LogP contribution is -2.50. The summed E-state index contributed by atoms with van der Waals surface area (Å²) in [5, 5.41) is 0.469. The molecule has 0 amide bonds. The van der Waals surface area contributed by atoms with E-state index >= 15 is 0 Å². The van der Waals surface area contributed by atoms with Crippen molar-refractivity contribution in [3.05, 3.63) is 39.5 Å². The summed E-state index contributed by atoms with van der Waals surface area (Å²) in [6.45, 7) is 3.07. The molecule has 0 saturated carbocycles. The second-order valence-electron chi connectivity index (χ2n) is 6.23. The average molecular weight is 411 g/mol. The van der Waals surface area contributed by atoms with Gasteiger partial charge in [-0.15, -0.1) is 0 Å². The van der Waals surface area contributed by atoms with E-state index in [-0.39, 0.29) is 5.95 Å². The number of likely N-dealkylation sites (N-methyl/N-ethyl adjacent to an activating group) is 1. The largest absolute Gasteiger partial charge is 0.368 e. The number of nitrogens with zero attached hydrogens (tertiary/aromatic N) is 4. The van der Waals surface area contributed by atoms with Crippen LogP contribution in [0.25, 0.3) is 0 Å². The Balaban J connectivity index is 1.86. The Labute approximate surface area is 153 Å². The molecule has 1 aromatic heterocycles. The van der Waals surface area contributed by atoms with Crippen molar-refractivity contribution in [3.8, 4) is 0 Å². The van der Waals surface area contributed by atoms with Crippen LogP contribution < -0.4 is 10.6 Å². The zero-order chi connectivity index (χ0) is 16.9. The summed E-state index contributed by atoms with van der Waals surface area (Å²) in [4.78, 5) is 12.7. The maximum Gasteiger partial charge on any atom is 0.222 e. The standard InChI is InChI=1S/C16H17BrClN5O/c1-22-4-5-24-16(8-22)9-23(13-6-10(17)2-3-11(13)16)14-12(18)7-20-15(19)21-14/h2-3,6-7H,4-5,8-9H2,1H3,(H2,19,20,21). The SMILES string of the molecule is CN1CCOC2(C1)CN(c1nc(N)ncc1Cl)c1cc(Br)ccc12. The minimum Gasteiger partial charge on any atom is -0.368 e. The molecule has 24 heavy (non-hydrogen) atoms. The van der Waals surface area contributed by atoms with E-state index in [0.717, 1.165) is 28.8 Å². The summed E-state index contributed by atoms with van der Waals surface area (Å²) < 4.78 is 7.26. The van der Waals surface area contributed by atoms with E-state index < -0.39 is 5.60 Å². The Kier molecular flexibility index (Phi) is 3.91. The van der Waals surface area contributed by atoms with Gasteiger partial charge in [0.25, 0.3) is 0 Å². The van der Waals surface area contributed by atoms with Gasteiger partial charge in [0.1, 0.15) is 10.6 Å². The number of rotatable bonds is 1. The predicted octanol–water partition coefficient (Wildman–Crippen LogP) is 2.78. The Morgan fingerprint density at radius 2 is 2.21 bits per heavy atom. The summed E-state index contributed by atoms with van der Waals surface area (Å²) in [6, 6.07) is 6.21. The molecule has 0 bridgehead atoms. The number of halogens is 2. The van der Waals surface area contributed by atoms with Crippen molar-refractivity contribution in [2.24, 2.45) is 0 Å². The van der Waals surface area contributed by atoms with Gasteiger partial charge < -0.3 is 20.3 Å². The molecule has 6 nitrogen and oxygen atoms in total. The van der Waals surface area contributed by atoms with E-state index in [1.54, 1.807) is 0 Å². The molecule has 1 saturated heterocycles. The molecule has 126 valence electrons. The summed E-state index contributed by atoms with van der Waals surface area (Å²) in [6.07, 6.45) is 1.54. The number of nitrogen functional groups attached to an aromatic ring is 1. The molecular weight excluding hydrogens is 394 g/mol. The highest BCUT2D eigenvalue weighted by Crippen LogP contribution is 2.48. The van der Waals surface area contributed by atoms with E-state index in [2.05, 4.69) is 54.9 Å². The molecule has 2 aromatic rings. The molecule has 8 heteroatoms. The number of hydrogen-bond donors (Lipinski definition) is 1. The van der Waals surface area contributed by atoms with Crippen molar-refractivity contribution in [2.75, 3.05) is 43.9 Å². The topological polar surface area (TPSA) is 67.5 Å². The first-order valence-corrected chi connectivity index (χ1v) is 8.84. The number of aromatic nitrogens is 2. The van der Waals surface area contributed by atoms with Gasteiger partial charge >= 0.3 is 0 Å². The van der Waals surface area contributed by atoms with Crippen LogP contribution in [-0.4, -0.2) is 48.2 Å². The van der Waals surface area contributed by atoms with Gasteiger partial charge in [0.15, 0.2) is 5.82 Å². The minimum atomic E-state index is -0.397. The van der Waals surface area contributed by atoms with E-state index in [1.165, 1.54) is 6.20 Å². The third kappa shape index (κ3) is 2.56. The monoisotopic (exact) mass is 409 g/mol. The van der Waals surface area contributed by atoms with Crippen molar-refractivity contribution in [1.29, 1.82) is 0 Å². The molecule has 4 rings (SSSR count). The molecule has 0 radical (unpaired) electrons. The highest BCUT2D eigenvalue weighted by molar-refractivity contribution is 9.10. The molecule has 2 aliphatic rings. The minimum absolute atomic E-state index is 0.202. The van der Waals surface area contributed by atoms with Crippen molar-refractivity contribution in [3.63, 3.8) is 0 Å². The van der Waals surface area contributed by atoms with Crippen LogP contribution in [-0.2, 0) is 10.3 Å². The molecular formula is C16H17BrClN5O. The molecule has 0 aliphatic carbocycles. The highest BCUT2D eigenvalue weighted by atomic mass is 79.9. The summed E-state index contributed by atoms with van der Waals surface area (Å²) in [7, 11) is 2.11. The fraction of sp³-hybridized carbons (Fsp3) is 0.375. The predicted molar refractivity (Wildman–Crippen MR) is 97.7 cm³/mol. The van der Waals surface area contributed by atoms with E-state index in [1.807, 2.05) is 6.07 Å². The number of ether oxygens (including phenoxy) is 1. The van der Waals surface area contributed by atoms with Crippen molar-refractivity contribution in [2.45, 2.75) is 5.60 Å². The second kappa shape index (κ2) is 5.84. The number of fused-ring (bicyclic) bond motifs is 2. The van der Waals surface area contributed by atoms with Gasteiger partial charge in [-0.1, -0.05) is 33.6 Å². The zero-order valence-corrected chi connectivity index (χ0v) is 15.5. The summed E-state index contributed by atoms with van der Waals surface area (Å²) in [5.74, 6) is 0.811. The Morgan fingerprint density at radius 3 is 3.00 bits per heavy atom. The van der Waals surface area contributed by atoms with E-state index in [9.17, 15) is 0 Å². The highest BCUT2D eigenvalue weighted by Gasteiger charge is 2.47. The van der Waals surface area contributed by atoms with Crippen LogP contribution in [0.1, 0.15) is 5.56 Å². The van der Waals surface area contributed by atoms with Crippen LogP contribution in [0.3, 0.4) is 0 Å². The number of anilines is 3. The third-order valence-electron chi connectivity index (χ3n) is 4.53. The smallest absolute Gasteiger partial charge is 0.222 e. The van der Waals surface area contributed by atoms with Crippen LogP contribution in [0.15, 0.2) is 28.9 Å². The quantitative estimate of drug-likeness (QED) is 0.780. The van der Waals surface area contributed by atoms with Gasteiger partial charge in [-0.3, -0.25) is 0 Å². The fourth-order valence-electron chi connectivity index (χ4n) is 3.50. The molecule has 2 N–H and O–H groups in total. The maximum absolute atomic E-state index is 6.35. The summed E-state index contributed by atoms with van der Waals surface area (Å²) >= 11 is 9.91. The average Bonchev–Trinajstić information content (AvgIpc) is 2.83. The number of nitrogens with two attached hydrogens (primary N) is 1. The zero-order valence-electron chi connectivity index (χ0n) is 13.2. The number of morpholine rings is 1. The van der Waals surface area contributed by atoms with Crippen molar-refractivity contribution >= 4 is 45.0 Å². The number of benzene rings is 1. The van der Waals surface area contributed by atoms with Crippen LogP contribution >= 0.6 is 27.5 Å². The van der Waals surface area contributed by atoms with Gasteiger partial charge in [0, 0.05) is 28.8 Å². The summed E-state index contributed by atoms with van der Waals surface area (Å²) in [5.41, 5.74) is 7.56. The molecule has 1 aromatic carbocycles. The van der Waals surface area contributed by atoms with Crippen LogP contribution in [0.4, 0.5) is 17.5 Å². The van der Waals surface area contributed by atoms with Gasteiger partial charge in [0.2, 0.25) is 5.95 Å².